The molecule has 0 saturated carbocycles. The molecule has 0 aliphatic carbocycles. The van der Waals surface area contributed by atoms with Crippen molar-refractivity contribution in [3.8, 4) is 16.9 Å². The van der Waals surface area contributed by atoms with Crippen LogP contribution < -0.4 is 4.74 Å². The highest BCUT2D eigenvalue weighted by Gasteiger charge is 2.11. The molecule has 0 saturated heterocycles. The zero-order chi connectivity index (χ0) is 17.6. The molecule has 3 nitrogen and oxygen atoms in total. The van der Waals surface area contributed by atoms with Crippen LogP contribution in [0.25, 0.3) is 11.1 Å². The molecule has 0 spiro atoms. The molecule has 0 aliphatic rings. The molecule has 0 atom stereocenters. The van der Waals surface area contributed by atoms with E-state index < -0.39 is 5.97 Å². The van der Waals surface area contributed by atoms with Crippen molar-refractivity contribution in [2.45, 2.75) is 13.0 Å². The van der Waals surface area contributed by atoms with E-state index in [1.54, 1.807) is 6.07 Å². The lowest BCUT2D eigenvalue weighted by Gasteiger charge is -2.13. The van der Waals surface area contributed by atoms with Gasteiger partial charge in [-0.25, -0.2) is 0 Å². The lowest BCUT2D eigenvalue weighted by molar-refractivity contribution is -0.136. The van der Waals surface area contributed by atoms with Gasteiger partial charge in [-0.15, -0.1) is 0 Å². The molecule has 0 bridgehead atoms. The van der Waals surface area contributed by atoms with Crippen LogP contribution in [0.15, 0.2) is 72.8 Å². The number of carboxylic acids is 1. The molecule has 0 heterocycles. The van der Waals surface area contributed by atoms with E-state index in [0.29, 0.717) is 22.9 Å². The number of benzene rings is 3. The molecule has 0 radical (unpaired) electrons. The van der Waals surface area contributed by atoms with Crippen LogP contribution in [0, 0.1) is 0 Å². The zero-order valence-electron chi connectivity index (χ0n) is 13.5. The highest BCUT2D eigenvalue weighted by atomic mass is 35.5. The van der Waals surface area contributed by atoms with Crippen molar-refractivity contribution < 1.29 is 14.6 Å². The van der Waals surface area contributed by atoms with E-state index in [1.807, 2.05) is 66.7 Å². The fourth-order valence-electron chi connectivity index (χ4n) is 2.60. The molecule has 0 unspecified atom stereocenters. The Hall–Kier alpha value is -2.78. The van der Waals surface area contributed by atoms with Gasteiger partial charge in [-0.2, -0.15) is 0 Å². The summed E-state index contributed by atoms with van der Waals surface area (Å²) in [5.41, 5.74) is 3.52. The van der Waals surface area contributed by atoms with E-state index in [9.17, 15) is 9.90 Å². The van der Waals surface area contributed by atoms with Crippen LogP contribution in [0.1, 0.15) is 11.1 Å². The first-order chi connectivity index (χ1) is 12.1. The zero-order valence-corrected chi connectivity index (χ0v) is 14.2. The summed E-state index contributed by atoms with van der Waals surface area (Å²) in [4.78, 5) is 11.2. The molecular formula is C21H17ClO3. The van der Waals surface area contributed by atoms with Crippen LogP contribution in [0.4, 0.5) is 0 Å². The number of carbonyl (C=O) groups is 1. The highest BCUT2D eigenvalue weighted by molar-refractivity contribution is 6.30. The molecule has 25 heavy (non-hydrogen) atoms. The first kappa shape index (κ1) is 17.1. The Bertz CT molecular complexity index is 875. The van der Waals surface area contributed by atoms with Gasteiger partial charge in [0.25, 0.3) is 0 Å². The fraction of sp³-hybridized carbons (Fsp3) is 0.0952. The van der Waals surface area contributed by atoms with Crippen LogP contribution in [-0.4, -0.2) is 11.1 Å². The molecule has 0 aromatic heterocycles. The minimum atomic E-state index is -0.896. The lowest BCUT2D eigenvalue weighted by atomic mass is 10.0. The summed E-state index contributed by atoms with van der Waals surface area (Å²) in [6.07, 6.45) is -0.0987. The van der Waals surface area contributed by atoms with Gasteiger partial charge in [-0.05, 0) is 41.0 Å². The Morgan fingerprint density at radius 3 is 2.40 bits per heavy atom. The highest BCUT2D eigenvalue weighted by Crippen LogP contribution is 2.29. The van der Waals surface area contributed by atoms with E-state index in [4.69, 9.17) is 16.3 Å². The topological polar surface area (TPSA) is 46.5 Å². The van der Waals surface area contributed by atoms with Crippen LogP contribution in [0.2, 0.25) is 5.02 Å². The molecule has 0 fully saturated rings. The van der Waals surface area contributed by atoms with Crippen LogP contribution in [0.3, 0.4) is 0 Å². The van der Waals surface area contributed by atoms with Crippen molar-refractivity contribution >= 4 is 17.6 Å². The smallest absolute Gasteiger partial charge is 0.307 e. The fourth-order valence-corrected chi connectivity index (χ4v) is 2.79. The molecule has 3 aromatic carbocycles. The van der Waals surface area contributed by atoms with Crippen LogP contribution in [0.5, 0.6) is 5.75 Å². The predicted molar refractivity (Wildman–Crippen MR) is 99.0 cm³/mol. The summed E-state index contributed by atoms with van der Waals surface area (Å²) >= 11 is 6.05. The number of rotatable bonds is 6. The van der Waals surface area contributed by atoms with Gasteiger partial charge in [-0.1, -0.05) is 60.1 Å². The van der Waals surface area contributed by atoms with Gasteiger partial charge in [0.2, 0.25) is 0 Å². The van der Waals surface area contributed by atoms with E-state index >= 15 is 0 Å². The third-order valence-corrected chi connectivity index (χ3v) is 4.03. The Kier molecular flexibility index (Phi) is 5.36. The second-order valence-electron chi connectivity index (χ2n) is 5.68. The first-order valence-corrected chi connectivity index (χ1v) is 8.27. The molecule has 0 amide bonds. The monoisotopic (exact) mass is 352 g/mol. The second kappa shape index (κ2) is 7.86. The second-order valence-corrected chi connectivity index (χ2v) is 6.11. The van der Waals surface area contributed by atoms with Crippen molar-refractivity contribution in [1.29, 1.82) is 0 Å². The minimum Gasteiger partial charge on any atom is -0.489 e. The third-order valence-electron chi connectivity index (χ3n) is 3.80. The Morgan fingerprint density at radius 1 is 0.920 bits per heavy atom. The quantitative estimate of drug-likeness (QED) is 0.662. The maximum Gasteiger partial charge on any atom is 0.307 e. The largest absolute Gasteiger partial charge is 0.489 e. The summed E-state index contributed by atoms with van der Waals surface area (Å²) < 4.78 is 5.85. The Labute approximate surface area is 151 Å². The maximum absolute atomic E-state index is 11.2. The lowest BCUT2D eigenvalue weighted by Crippen LogP contribution is -2.04. The maximum atomic E-state index is 11.2. The average Bonchev–Trinajstić information content (AvgIpc) is 2.61. The molecule has 0 aliphatic heterocycles. The predicted octanol–water partition coefficient (Wildman–Crippen LogP) is 5.21. The van der Waals surface area contributed by atoms with Gasteiger partial charge in [0.1, 0.15) is 12.4 Å². The Morgan fingerprint density at radius 2 is 1.68 bits per heavy atom. The number of hydrogen-bond acceptors (Lipinski definition) is 2. The van der Waals surface area contributed by atoms with Crippen LogP contribution >= 0.6 is 11.6 Å². The summed E-state index contributed by atoms with van der Waals surface area (Å²) in [7, 11) is 0. The van der Waals surface area contributed by atoms with Gasteiger partial charge >= 0.3 is 5.97 Å². The van der Waals surface area contributed by atoms with Crippen molar-refractivity contribution in [2.75, 3.05) is 0 Å². The van der Waals surface area contributed by atoms with Gasteiger partial charge in [0, 0.05) is 10.6 Å². The normalized spacial score (nSPS) is 10.4. The molecule has 4 heteroatoms. The van der Waals surface area contributed by atoms with Crippen LogP contribution in [-0.2, 0) is 17.8 Å². The average molecular weight is 353 g/mol. The van der Waals surface area contributed by atoms with Crippen molar-refractivity contribution in [2.24, 2.45) is 0 Å². The molecular weight excluding hydrogens is 336 g/mol. The first-order valence-electron chi connectivity index (χ1n) is 7.89. The summed E-state index contributed by atoms with van der Waals surface area (Å²) in [6.45, 7) is 0.393. The number of hydrogen-bond donors (Lipinski definition) is 1. The summed E-state index contributed by atoms with van der Waals surface area (Å²) in [5.74, 6) is -0.315. The van der Waals surface area contributed by atoms with Crippen molar-refractivity contribution in [3.63, 3.8) is 0 Å². The molecule has 3 aromatic rings. The number of ether oxygens (including phenoxy) is 1. The van der Waals surface area contributed by atoms with Gasteiger partial charge in [-0.3, -0.25) is 4.79 Å². The van der Waals surface area contributed by atoms with E-state index in [0.717, 1.165) is 16.7 Å². The number of halogens is 1. The van der Waals surface area contributed by atoms with Gasteiger partial charge in [0.15, 0.2) is 0 Å². The van der Waals surface area contributed by atoms with Crippen molar-refractivity contribution in [3.05, 3.63) is 88.9 Å². The van der Waals surface area contributed by atoms with E-state index in [2.05, 4.69) is 0 Å². The molecule has 126 valence electrons. The number of aliphatic carboxylic acids is 1. The number of carboxylic acid groups (broad SMARTS) is 1. The Balaban J connectivity index is 1.88. The molecule has 3 rings (SSSR count). The minimum absolute atomic E-state index is 0.0987. The third kappa shape index (κ3) is 4.61. The van der Waals surface area contributed by atoms with Gasteiger partial charge in [0.05, 0.1) is 6.42 Å². The standard InChI is InChI=1S/C21H17ClO3/c22-19-8-4-7-16(12-19)17-9-10-20(18(11-17)13-21(23)24)25-14-15-5-2-1-3-6-15/h1-12H,13-14H2,(H,23,24). The summed E-state index contributed by atoms with van der Waals surface area (Å²) in [5, 5.41) is 9.85. The summed E-state index contributed by atoms with van der Waals surface area (Å²) in [6, 6.07) is 22.8. The van der Waals surface area contributed by atoms with Gasteiger partial charge < -0.3 is 9.84 Å². The van der Waals surface area contributed by atoms with Crippen molar-refractivity contribution in [1.82, 2.24) is 0 Å². The van der Waals surface area contributed by atoms with E-state index in [1.165, 1.54) is 0 Å². The van der Waals surface area contributed by atoms with E-state index in [-0.39, 0.29) is 6.42 Å². The SMILES string of the molecule is O=C(O)Cc1cc(-c2cccc(Cl)c2)ccc1OCc1ccccc1. The molecule has 1 N–H and O–H groups in total.